The van der Waals surface area contributed by atoms with Gasteiger partial charge in [0, 0.05) is 0 Å². The first-order chi connectivity index (χ1) is 9.99. The van der Waals surface area contributed by atoms with E-state index in [4.69, 9.17) is 4.74 Å². The van der Waals surface area contributed by atoms with E-state index in [0.29, 0.717) is 29.2 Å². The van der Waals surface area contributed by atoms with Crippen LogP contribution in [0.4, 0.5) is 13.2 Å². The maximum Gasteiger partial charge on any atom is 0.451 e. The van der Waals surface area contributed by atoms with E-state index in [1.54, 1.807) is 18.2 Å². The number of hydrogen-bond acceptors (Lipinski definition) is 3. The van der Waals surface area contributed by atoms with Crippen LogP contribution in [0.1, 0.15) is 30.8 Å². The average molecular weight is 296 g/mol. The molecule has 0 unspecified atom stereocenters. The Morgan fingerprint density at radius 2 is 2.00 bits per heavy atom. The molecule has 3 rings (SSSR count). The summed E-state index contributed by atoms with van der Waals surface area (Å²) >= 11 is 0. The van der Waals surface area contributed by atoms with Crippen LogP contribution in [-0.2, 0) is 12.6 Å². The molecule has 1 aliphatic carbocycles. The summed E-state index contributed by atoms with van der Waals surface area (Å²) in [6, 6.07) is 4.92. The van der Waals surface area contributed by atoms with Gasteiger partial charge < -0.3 is 4.74 Å². The van der Waals surface area contributed by atoms with Crippen molar-refractivity contribution in [3.8, 4) is 5.75 Å². The topological polar surface area (TPSA) is 35.0 Å². The molecule has 0 N–H and O–H groups in total. The normalized spacial score (nSPS) is 15.4. The number of aromatic nitrogens is 2. The van der Waals surface area contributed by atoms with Crippen LogP contribution < -0.4 is 4.74 Å². The Morgan fingerprint density at radius 3 is 2.62 bits per heavy atom. The van der Waals surface area contributed by atoms with Crippen molar-refractivity contribution in [1.82, 2.24) is 9.97 Å². The molecule has 2 aromatic rings. The summed E-state index contributed by atoms with van der Waals surface area (Å²) in [6.45, 7) is 0. The fourth-order valence-electron chi connectivity index (χ4n) is 2.45. The van der Waals surface area contributed by atoms with Gasteiger partial charge in [-0.15, -0.1) is 0 Å². The Bertz CT molecular complexity index is 666. The molecule has 0 saturated heterocycles. The second kappa shape index (κ2) is 5.16. The number of benzene rings is 1. The quantitative estimate of drug-likeness (QED) is 0.855. The second-order valence-electron chi connectivity index (χ2n) is 5.33. The van der Waals surface area contributed by atoms with Gasteiger partial charge in [-0.3, -0.25) is 0 Å². The zero-order valence-corrected chi connectivity index (χ0v) is 11.6. The maximum atomic E-state index is 12.9. The first kappa shape index (κ1) is 14.1. The Kier molecular flexibility index (Phi) is 3.47. The molecule has 0 radical (unpaired) electrons. The highest BCUT2D eigenvalue weighted by atomic mass is 19.4. The van der Waals surface area contributed by atoms with E-state index in [1.165, 1.54) is 7.11 Å². The Balaban J connectivity index is 2.12. The minimum absolute atomic E-state index is 0.280. The molecule has 3 nitrogen and oxygen atoms in total. The van der Waals surface area contributed by atoms with Gasteiger partial charge in [0.25, 0.3) is 0 Å². The van der Waals surface area contributed by atoms with Crippen LogP contribution in [0.25, 0.3) is 10.9 Å². The third-order valence-corrected chi connectivity index (χ3v) is 3.72. The lowest BCUT2D eigenvalue weighted by atomic mass is 10.1. The molecule has 0 bridgehead atoms. The minimum Gasteiger partial charge on any atom is -0.496 e. The predicted molar refractivity (Wildman–Crippen MR) is 72.1 cm³/mol. The third-order valence-electron chi connectivity index (χ3n) is 3.72. The molecule has 0 aliphatic heterocycles. The fraction of sp³-hybridized carbons (Fsp3) is 0.467. The van der Waals surface area contributed by atoms with Crippen molar-refractivity contribution in [2.24, 2.45) is 5.92 Å². The molecule has 1 heterocycles. The third kappa shape index (κ3) is 2.94. The summed E-state index contributed by atoms with van der Waals surface area (Å²) in [5.41, 5.74) is 0.708. The Labute approximate surface area is 120 Å². The molecular formula is C15H15F3N2O. The SMILES string of the molecule is COc1cccc2nc(C(F)(F)F)nc(CCC3CC3)c12. The number of ether oxygens (including phenoxy) is 1. The number of rotatable bonds is 4. The summed E-state index contributed by atoms with van der Waals surface area (Å²) in [5.74, 6) is 0.0696. The van der Waals surface area contributed by atoms with Crippen molar-refractivity contribution in [3.05, 3.63) is 29.7 Å². The van der Waals surface area contributed by atoms with Crippen molar-refractivity contribution in [1.29, 1.82) is 0 Å². The lowest BCUT2D eigenvalue weighted by Crippen LogP contribution is -2.13. The van der Waals surface area contributed by atoms with Crippen molar-refractivity contribution >= 4 is 10.9 Å². The zero-order valence-electron chi connectivity index (χ0n) is 11.6. The number of fused-ring (bicyclic) bond motifs is 1. The maximum absolute atomic E-state index is 12.9. The molecule has 6 heteroatoms. The van der Waals surface area contributed by atoms with E-state index in [-0.39, 0.29) is 5.52 Å². The number of aryl methyl sites for hydroxylation is 1. The van der Waals surface area contributed by atoms with Crippen molar-refractivity contribution < 1.29 is 17.9 Å². The Hall–Kier alpha value is -1.85. The molecular weight excluding hydrogens is 281 g/mol. The second-order valence-corrected chi connectivity index (χ2v) is 5.33. The van der Waals surface area contributed by atoms with Gasteiger partial charge in [0.15, 0.2) is 0 Å². The van der Waals surface area contributed by atoms with Gasteiger partial charge in [-0.05, 0) is 30.9 Å². The molecule has 0 amide bonds. The number of nitrogens with zero attached hydrogens (tertiary/aromatic N) is 2. The standard InChI is InChI=1S/C15H15F3N2O/c1-21-12-4-2-3-10-13(12)11(8-7-9-5-6-9)20-14(19-10)15(16,17)18/h2-4,9H,5-8H2,1H3. The first-order valence-corrected chi connectivity index (χ1v) is 6.90. The Morgan fingerprint density at radius 1 is 1.24 bits per heavy atom. The van der Waals surface area contributed by atoms with Gasteiger partial charge in [-0.1, -0.05) is 18.9 Å². The van der Waals surface area contributed by atoms with Gasteiger partial charge in [-0.25, -0.2) is 9.97 Å². The number of halogens is 3. The van der Waals surface area contributed by atoms with Crippen LogP contribution in [-0.4, -0.2) is 17.1 Å². The lowest BCUT2D eigenvalue weighted by molar-refractivity contribution is -0.144. The highest BCUT2D eigenvalue weighted by Crippen LogP contribution is 2.36. The molecule has 21 heavy (non-hydrogen) atoms. The van der Waals surface area contributed by atoms with Crippen molar-refractivity contribution in [3.63, 3.8) is 0 Å². The molecule has 112 valence electrons. The number of hydrogen-bond donors (Lipinski definition) is 0. The van der Waals surface area contributed by atoms with Crippen LogP contribution in [0.5, 0.6) is 5.75 Å². The van der Waals surface area contributed by atoms with Crippen LogP contribution >= 0.6 is 0 Å². The first-order valence-electron chi connectivity index (χ1n) is 6.90. The summed E-state index contributed by atoms with van der Waals surface area (Å²) in [4.78, 5) is 7.41. The minimum atomic E-state index is -4.54. The van der Waals surface area contributed by atoms with Crippen LogP contribution in [0.15, 0.2) is 18.2 Å². The number of alkyl halides is 3. The van der Waals surface area contributed by atoms with Crippen molar-refractivity contribution in [2.75, 3.05) is 7.11 Å². The highest BCUT2D eigenvalue weighted by Gasteiger charge is 2.36. The van der Waals surface area contributed by atoms with E-state index in [2.05, 4.69) is 9.97 Å². The van der Waals surface area contributed by atoms with E-state index in [0.717, 1.165) is 19.3 Å². The van der Waals surface area contributed by atoms with E-state index >= 15 is 0 Å². The molecule has 1 fully saturated rings. The highest BCUT2D eigenvalue weighted by molar-refractivity contribution is 5.87. The summed E-state index contributed by atoms with van der Waals surface area (Å²) in [5, 5.41) is 0.591. The van der Waals surface area contributed by atoms with Crippen LogP contribution in [0.3, 0.4) is 0 Å². The molecule has 1 aromatic carbocycles. The summed E-state index contributed by atoms with van der Waals surface area (Å²) in [7, 11) is 1.50. The van der Waals surface area contributed by atoms with Crippen LogP contribution in [0.2, 0.25) is 0 Å². The monoisotopic (exact) mass is 296 g/mol. The van der Waals surface area contributed by atoms with Gasteiger partial charge in [-0.2, -0.15) is 13.2 Å². The summed E-state index contributed by atoms with van der Waals surface area (Å²) in [6.07, 6.45) is -0.835. The van der Waals surface area contributed by atoms with E-state index in [1.807, 2.05) is 0 Å². The number of methoxy groups -OCH3 is 1. The van der Waals surface area contributed by atoms with E-state index < -0.39 is 12.0 Å². The smallest absolute Gasteiger partial charge is 0.451 e. The molecule has 0 atom stereocenters. The molecule has 1 aromatic heterocycles. The fourth-order valence-corrected chi connectivity index (χ4v) is 2.45. The van der Waals surface area contributed by atoms with Crippen molar-refractivity contribution in [2.45, 2.75) is 31.9 Å². The molecule has 0 spiro atoms. The van der Waals surface area contributed by atoms with Gasteiger partial charge >= 0.3 is 6.18 Å². The molecule has 1 aliphatic rings. The average Bonchev–Trinajstić information content (AvgIpc) is 3.26. The zero-order chi connectivity index (χ0) is 15.0. The van der Waals surface area contributed by atoms with E-state index in [9.17, 15) is 13.2 Å². The van der Waals surface area contributed by atoms with Gasteiger partial charge in [0.1, 0.15) is 5.75 Å². The largest absolute Gasteiger partial charge is 0.496 e. The van der Waals surface area contributed by atoms with Crippen LogP contribution in [0, 0.1) is 5.92 Å². The summed E-state index contributed by atoms with van der Waals surface area (Å²) < 4.78 is 44.1. The lowest BCUT2D eigenvalue weighted by Gasteiger charge is -2.13. The predicted octanol–water partition coefficient (Wildman–Crippen LogP) is 4.00. The van der Waals surface area contributed by atoms with Gasteiger partial charge in [0.05, 0.1) is 23.7 Å². The molecule has 1 saturated carbocycles. The van der Waals surface area contributed by atoms with Gasteiger partial charge in [0.2, 0.25) is 5.82 Å².